The molecule has 2 aromatic heterocycles. The number of nitrogens with one attached hydrogen (secondary N) is 2. The first-order chi connectivity index (χ1) is 12.2. The number of aromatic nitrogens is 2. The number of hydrogen-bond donors (Lipinski definition) is 2. The molecule has 0 atom stereocenters. The summed E-state index contributed by atoms with van der Waals surface area (Å²) in [7, 11) is 0. The van der Waals surface area contributed by atoms with E-state index < -0.39 is 0 Å². The Balaban J connectivity index is 1.45. The zero-order chi connectivity index (χ0) is 17.2. The second-order valence-electron chi connectivity index (χ2n) is 5.61. The molecule has 0 saturated carbocycles. The Bertz CT molecular complexity index is 1020. The van der Waals surface area contributed by atoms with Crippen LogP contribution in [0.25, 0.3) is 21.3 Å². The van der Waals surface area contributed by atoms with Gasteiger partial charge in [0.15, 0.2) is 0 Å². The van der Waals surface area contributed by atoms with Crippen LogP contribution in [0, 0.1) is 5.82 Å². The first-order valence-corrected chi connectivity index (χ1v) is 8.57. The molecule has 4 aromatic rings. The van der Waals surface area contributed by atoms with Gasteiger partial charge in [0.1, 0.15) is 5.82 Å². The highest BCUT2D eigenvalue weighted by Gasteiger charge is 2.12. The second-order valence-corrected chi connectivity index (χ2v) is 6.70. The lowest BCUT2D eigenvalue weighted by Crippen LogP contribution is -2.21. The third-order valence-electron chi connectivity index (χ3n) is 3.95. The fraction of sp³-hybridized carbons (Fsp3) is 0.0526. The van der Waals surface area contributed by atoms with E-state index in [1.54, 1.807) is 18.3 Å². The van der Waals surface area contributed by atoms with Crippen LogP contribution in [0.3, 0.4) is 0 Å². The maximum absolute atomic E-state index is 13.7. The van der Waals surface area contributed by atoms with E-state index in [1.165, 1.54) is 17.4 Å². The summed E-state index contributed by atoms with van der Waals surface area (Å²) in [6.45, 7) is 0.415. The number of hydrogen-bond acceptors (Lipinski definition) is 3. The van der Waals surface area contributed by atoms with Gasteiger partial charge in [0.25, 0.3) is 5.91 Å². The molecule has 4 rings (SSSR count). The van der Waals surface area contributed by atoms with Crippen LogP contribution in [0.2, 0.25) is 0 Å². The van der Waals surface area contributed by atoms with E-state index in [2.05, 4.69) is 15.5 Å². The predicted octanol–water partition coefficient (Wildman–Crippen LogP) is 4.36. The minimum atomic E-state index is -0.304. The van der Waals surface area contributed by atoms with Crippen LogP contribution in [-0.4, -0.2) is 16.1 Å². The van der Waals surface area contributed by atoms with Crippen LogP contribution in [0.1, 0.15) is 15.2 Å². The molecule has 2 heterocycles. The minimum absolute atomic E-state index is 0.196. The van der Waals surface area contributed by atoms with Crippen LogP contribution >= 0.6 is 11.3 Å². The molecule has 0 bridgehead atoms. The number of aromatic amines is 1. The monoisotopic (exact) mass is 351 g/mol. The molecule has 1 amide bonds. The largest absolute Gasteiger partial charge is 0.347 e. The van der Waals surface area contributed by atoms with Crippen molar-refractivity contribution in [2.24, 2.45) is 0 Å². The molecule has 0 aliphatic rings. The zero-order valence-corrected chi connectivity index (χ0v) is 13.9. The maximum Gasteiger partial charge on any atom is 0.261 e. The van der Waals surface area contributed by atoms with Gasteiger partial charge >= 0.3 is 0 Å². The van der Waals surface area contributed by atoms with Crippen LogP contribution < -0.4 is 5.32 Å². The number of nitrogens with zero attached hydrogens (tertiary/aromatic N) is 1. The number of H-pyrrole nitrogens is 1. The molecule has 0 spiro atoms. The molecule has 6 heteroatoms. The normalized spacial score (nSPS) is 10.9. The fourth-order valence-electron chi connectivity index (χ4n) is 2.63. The van der Waals surface area contributed by atoms with Gasteiger partial charge in [-0.2, -0.15) is 5.10 Å². The van der Waals surface area contributed by atoms with Gasteiger partial charge in [-0.3, -0.25) is 9.89 Å². The third kappa shape index (κ3) is 3.16. The Kier molecular flexibility index (Phi) is 4.03. The molecular weight excluding hydrogens is 337 g/mol. The average molecular weight is 351 g/mol. The van der Waals surface area contributed by atoms with Gasteiger partial charge in [-0.1, -0.05) is 30.3 Å². The second kappa shape index (κ2) is 6.49. The van der Waals surface area contributed by atoms with Gasteiger partial charge in [0.2, 0.25) is 0 Å². The van der Waals surface area contributed by atoms with Crippen LogP contribution in [0.15, 0.2) is 60.8 Å². The molecule has 124 valence electrons. The molecule has 0 aliphatic carbocycles. The molecule has 4 nitrogen and oxygen atoms in total. The highest BCUT2D eigenvalue weighted by molar-refractivity contribution is 7.20. The molecule has 0 unspecified atom stereocenters. The number of carbonyl (C=O) groups is 1. The topological polar surface area (TPSA) is 57.8 Å². The summed E-state index contributed by atoms with van der Waals surface area (Å²) in [4.78, 5) is 12.8. The van der Waals surface area contributed by atoms with Crippen molar-refractivity contribution in [3.8, 4) is 11.3 Å². The Labute approximate surface area is 147 Å². The molecule has 0 fully saturated rings. The zero-order valence-electron chi connectivity index (χ0n) is 13.1. The summed E-state index contributed by atoms with van der Waals surface area (Å²) >= 11 is 1.29. The average Bonchev–Trinajstić information content (AvgIpc) is 3.30. The number of thiophene rings is 1. The van der Waals surface area contributed by atoms with Crippen molar-refractivity contribution in [2.75, 3.05) is 0 Å². The molecule has 0 saturated heterocycles. The first kappa shape index (κ1) is 15.5. The summed E-state index contributed by atoms with van der Waals surface area (Å²) in [6.07, 6.45) is 1.71. The molecule has 2 N–H and O–H groups in total. The van der Waals surface area contributed by atoms with Crippen molar-refractivity contribution in [3.63, 3.8) is 0 Å². The number of rotatable bonds is 4. The van der Waals surface area contributed by atoms with E-state index in [4.69, 9.17) is 0 Å². The lowest BCUT2D eigenvalue weighted by molar-refractivity contribution is 0.0955. The molecule has 2 aromatic carbocycles. The first-order valence-electron chi connectivity index (χ1n) is 7.76. The standard InChI is InChI=1S/C19H14FN3OS/c20-15-2-1-3-17-14(15)10-18(25-17)19(24)21-11-12-4-6-13(7-5-12)16-8-9-22-23-16/h1-10H,11H2,(H,21,24)(H,22,23). The molecule has 0 radical (unpaired) electrons. The quantitative estimate of drug-likeness (QED) is 0.574. The lowest BCUT2D eigenvalue weighted by Gasteiger charge is -2.05. The van der Waals surface area contributed by atoms with E-state index in [1.807, 2.05) is 36.4 Å². The van der Waals surface area contributed by atoms with E-state index >= 15 is 0 Å². The van der Waals surface area contributed by atoms with Crippen LogP contribution in [0.4, 0.5) is 4.39 Å². The maximum atomic E-state index is 13.7. The molecular formula is C19H14FN3OS. The van der Waals surface area contributed by atoms with Crippen molar-refractivity contribution < 1.29 is 9.18 Å². The number of fused-ring (bicyclic) bond motifs is 1. The van der Waals surface area contributed by atoms with Gasteiger partial charge in [0, 0.05) is 22.8 Å². The Morgan fingerprint density at radius 2 is 2.00 bits per heavy atom. The number of halogens is 1. The lowest BCUT2D eigenvalue weighted by atomic mass is 10.1. The van der Waals surface area contributed by atoms with Crippen molar-refractivity contribution in [2.45, 2.75) is 6.54 Å². The van der Waals surface area contributed by atoms with Gasteiger partial charge in [-0.25, -0.2) is 4.39 Å². The summed E-state index contributed by atoms with van der Waals surface area (Å²) in [6, 6.07) is 16.2. The van der Waals surface area contributed by atoms with E-state index in [0.29, 0.717) is 16.8 Å². The van der Waals surface area contributed by atoms with E-state index in [9.17, 15) is 9.18 Å². The van der Waals surface area contributed by atoms with Gasteiger partial charge in [-0.15, -0.1) is 11.3 Å². The highest BCUT2D eigenvalue weighted by Crippen LogP contribution is 2.27. The van der Waals surface area contributed by atoms with Gasteiger partial charge < -0.3 is 5.32 Å². The Hall–Kier alpha value is -2.99. The van der Waals surface area contributed by atoms with Crippen LogP contribution in [0.5, 0.6) is 0 Å². The van der Waals surface area contributed by atoms with Crippen molar-refractivity contribution in [1.82, 2.24) is 15.5 Å². The van der Waals surface area contributed by atoms with Gasteiger partial charge in [-0.05, 0) is 35.4 Å². The number of benzene rings is 2. The van der Waals surface area contributed by atoms with Crippen molar-refractivity contribution in [3.05, 3.63) is 77.1 Å². The summed E-state index contributed by atoms with van der Waals surface area (Å²) in [5, 5.41) is 10.2. The van der Waals surface area contributed by atoms with Crippen molar-refractivity contribution >= 4 is 27.3 Å². The summed E-state index contributed by atoms with van der Waals surface area (Å²) in [5.41, 5.74) is 2.97. The van der Waals surface area contributed by atoms with Crippen LogP contribution in [-0.2, 0) is 6.54 Å². The fourth-order valence-corrected chi connectivity index (χ4v) is 3.62. The third-order valence-corrected chi connectivity index (χ3v) is 5.05. The molecule has 0 aliphatic heterocycles. The Morgan fingerprint density at radius 1 is 1.16 bits per heavy atom. The highest BCUT2D eigenvalue weighted by atomic mass is 32.1. The Morgan fingerprint density at radius 3 is 2.72 bits per heavy atom. The molecule has 25 heavy (non-hydrogen) atoms. The van der Waals surface area contributed by atoms with Crippen molar-refractivity contribution in [1.29, 1.82) is 0 Å². The number of amides is 1. The van der Waals surface area contributed by atoms with Gasteiger partial charge in [0.05, 0.1) is 10.6 Å². The van der Waals surface area contributed by atoms with E-state index in [-0.39, 0.29) is 11.7 Å². The summed E-state index contributed by atoms with van der Waals surface area (Å²) in [5.74, 6) is -0.500. The summed E-state index contributed by atoms with van der Waals surface area (Å²) < 4.78 is 14.5. The minimum Gasteiger partial charge on any atom is -0.347 e. The SMILES string of the molecule is O=C(NCc1ccc(-c2ccn[nH]2)cc1)c1cc2c(F)cccc2s1. The predicted molar refractivity (Wildman–Crippen MR) is 97.0 cm³/mol. The van der Waals surface area contributed by atoms with E-state index in [0.717, 1.165) is 21.5 Å². The number of carbonyl (C=O) groups excluding carboxylic acids is 1. The smallest absolute Gasteiger partial charge is 0.261 e.